The van der Waals surface area contributed by atoms with Crippen molar-refractivity contribution < 1.29 is 9.59 Å². The van der Waals surface area contributed by atoms with Crippen LogP contribution in [0.4, 0.5) is 5.69 Å². The molecule has 2 N–H and O–H groups in total. The summed E-state index contributed by atoms with van der Waals surface area (Å²) >= 11 is 0. The lowest BCUT2D eigenvalue weighted by molar-refractivity contribution is -0.124. The van der Waals surface area contributed by atoms with Crippen molar-refractivity contribution in [1.29, 1.82) is 0 Å². The van der Waals surface area contributed by atoms with Gasteiger partial charge in [0.1, 0.15) is 0 Å². The van der Waals surface area contributed by atoms with Crippen LogP contribution in [0.15, 0.2) is 65.8 Å². The molecule has 168 valence electrons. The first-order valence-electron chi connectivity index (χ1n) is 11.2. The minimum Gasteiger partial charge on any atom is -0.341 e. The number of carbonyl (C=O) groups excluding carboxylic acids is 2. The van der Waals surface area contributed by atoms with Gasteiger partial charge in [0.2, 0.25) is 11.8 Å². The highest BCUT2D eigenvalue weighted by Crippen LogP contribution is 2.29. The van der Waals surface area contributed by atoms with E-state index in [9.17, 15) is 9.59 Å². The summed E-state index contributed by atoms with van der Waals surface area (Å²) in [6.07, 6.45) is 1.79. The summed E-state index contributed by atoms with van der Waals surface area (Å²) in [6, 6.07) is 20.3. The maximum atomic E-state index is 12.2. The highest BCUT2D eigenvalue weighted by Gasteiger charge is 2.10. The second-order valence-electron chi connectivity index (χ2n) is 8.20. The van der Waals surface area contributed by atoms with E-state index < -0.39 is 0 Å². The summed E-state index contributed by atoms with van der Waals surface area (Å²) in [7, 11) is 0. The molecule has 33 heavy (non-hydrogen) atoms. The van der Waals surface area contributed by atoms with Crippen molar-refractivity contribution in [2.45, 2.75) is 40.2 Å². The number of aryl methyl sites for hydroxylation is 3. The van der Waals surface area contributed by atoms with Gasteiger partial charge in [-0.2, -0.15) is 5.10 Å². The van der Waals surface area contributed by atoms with Crippen LogP contribution in [0, 0.1) is 13.8 Å². The van der Waals surface area contributed by atoms with Crippen LogP contribution < -0.4 is 10.7 Å². The van der Waals surface area contributed by atoms with Crippen LogP contribution in [0.2, 0.25) is 0 Å². The molecule has 0 radical (unpaired) electrons. The molecule has 6 nitrogen and oxygen atoms in total. The summed E-state index contributed by atoms with van der Waals surface area (Å²) in [5, 5.41) is 9.29. The van der Waals surface area contributed by atoms with Crippen molar-refractivity contribution in [3.63, 3.8) is 0 Å². The Balaban J connectivity index is 1.35. The molecule has 2 amide bonds. The third-order valence-electron chi connectivity index (χ3n) is 5.75. The number of hydrogen-bond acceptors (Lipinski definition) is 3. The molecule has 4 aromatic rings. The van der Waals surface area contributed by atoms with E-state index in [-0.39, 0.29) is 24.7 Å². The molecular weight excluding hydrogens is 412 g/mol. The Morgan fingerprint density at radius 2 is 1.67 bits per heavy atom. The first-order valence-corrected chi connectivity index (χ1v) is 11.2. The molecule has 0 aliphatic heterocycles. The van der Waals surface area contributed by atoms with E-state index in [2.05, 4.69) is 51.6 Å². The number of fused-ring (bicyclic) bond motifs is 3. The van der Waals surface area contributed by atoms with Crippen LogP contribution in [0.25, 0.3) is 21.8 Å². The molecule has 0 saturated carbocycles. The number of rotatable bonds is 7. The zero-order valence-electron chi connectivity index (χ0n) is 19.2. The van der Waals surface area contributed by atoms with Crippen LogP contribution in [-0.4, -0.2) is 22.6 Å². The summed E-state index contributed by atoms with van der Waals surface area (Å²) in [6.45, 7) is 6.98. The third kappa shape index (κ3) is 4.95. The van der Waals surface area contributed by atoms with Crippen LogP contribution in [0.3, 0.4) is 0 Å². The minimum atomic E-state index is -0.300. The van der Waals surface area contributed by atoms with Gasteiger partial charge in [-0.05, 0) is 56.2 Å². The zero-order chi connectivity index (χ0) is 23.4. The lowest BCUT2D eigenvalue weighted by Crippen LogP contribution is -2.20. The van der Waals surface area contributed by atoms with Gasteiger partial charge in [0.05, 0.1) is 6.21 Å². The van der Waals surface area contributed by atoms with Crippen LogP contribution in [-0.2, 0) is 16.1 Å². The van der Waals surface area contributed by atoms with Gasteiger partial charge < -0.3 is 9.88 Å². The molecule has 0 unspecified atom stereocenters. The normalized spacial score (nSPS) is 11.4. The predicted octanol–water partition coefficient (Wildman–Crippen LogP) is 5.30. The fourth-order valence-corrected chi connectivity index (χ4v) is 4.12. The van der Waals surface area contributed by atoms with E-state index in [1.165, 1.54) is 16.4 Å². The molecule has 0 atom stereocenters. The highest BCUT2D eigenvalue weighted by atomic mass is 16.2. The van der Waals surface area contributed by atoms with E-state index >= 15 is 0 Å². The van der Waals surface area contributed by atoms with Crippen molar-refractivity contribution in [2.75, 3.05) is 5.32 Å². The lowest BCUT2D eigenvalue weighted by Gasteiger charge is -2.08. The van der Waals surface area contributed by atoms with Gasteiger partial charge in [0.15, 0.2) is 0 Å². The largest absolute Gasteiger partial charge is 0.341 e. The van der Waals surface area contributed by atoms with E-state index in [4.69, 9.17) is 0 Å². The number of hydrazone groups is 1. The molecule has 1 heterocycles. The standard InChI is InChI=1S/C27H28N4O2/c1-4-31-24-8-6-5-7-21(24)22-16-20(10-12-25(22)31)17-28-30-27(33)14-13-26(32)29-23-11-9-18(2)15-19(23)3/h5-12,15-17H,4,13-14H2,1-3H3,(H,29,32)(H,30,33). The quantitative estimate of drug-likeness (QED) is 0.302. The lowest BCUT2D eigenvalue weighted by atomic mass is 10.1. The van der Waals surface area contributed by atoms with E-state index in [0.29, 0.717) is 0 Å². The molecule has 0 bridgehead atoms. The molecule has 6 heteroatoms. The van der Waals surface area contributed by atoms with Crippen molar-refractivity contribution in [3.8, 4) is 0 Å². The number of anilines is 1. The molecule has 0 aliphatic carbocycles. The first-order chi connectivity index (χ1) is 16.0. The van der Waals surface area contributed by atoms with Gasteiger partial charge in [0, 0.05) is 46.9 Å². The van der Waals surface area contributed by atoms with Crippen molar-refractivity contribution in [3.05, 3.63) is 77.4 Å². The Morgan fingerprint density at radius 3 is 2.45 bits per heavy atom. The highest BCUT2D eigenvalue weighted by molar-refractivity contribution is 6.09. The van der Waals surface area contributed by atoms with E-state index in [1.807, 2.05) is 50.2 Å². The Morgan fingerprint density at radius 1 is 0.909 bits per heavy atom. The molecule has 4 rings (SSSR count). The van der Waals surface area contributed by atoms with Crippen molar-refractivity contribution in [2.24, 2.45) is 5.10 Å². The van der Waals surface area contributed by atoms with Crippen LogP contribution in [0.1, 0.15) is 36.5 Å². The Bertz CT molecular complexity index is 1370. The molecular formula is C27H28N4O2. The SMILES string of the molecule is CCn1c2ccccc2c2cc(C=NNC(=O)CCC(=O)Nc3ccc(C)cc3C)ccc21. The Hall–Kier alpha value is -3.93. The second-order valence-corrected chi connectivity index (χ2v) is 8.20. The molecule has 1 aromatic heterocycles. The van der Waals surface area contributed by atoms with E-state index in [0.717, 1.165) is 34.3 Å². The fraction of sp³-hybridized carbons (Fsp3) is 0.222. The first kappa shape index (κ1) is 22.3. The topological polar surface area (TPSA) is 75.5 Å². The van der Waals surface area contributed by atoms with Crippen LogP contribution >= 0.6 is 0 Å². The average Bonchev–Trinajstić information content (AvgIpc) is 3.12. The smallest absolute Gasteiger partial charge is 0.240 e. The molecule has 3 aromatic carbocycles. The predicted molar refractivity (Wildman–Crippen MR) is 135 cm³/mol. The van der Waals surface area contributed by atoms with Crippen LogP contribution in [0.5, 0.6) is 0 Å². The number of hydrogen-bond donors (Lipinski definition) is 2. The third-order valence-corrected chi connectivity index (χ3v) is 5.75. The van der Waals surface area contributed by atoms with Gasteiger partial charge in [-0.25, -0.2) is 5.43 Å². The Labute approximate surface area is 193 Å². The van der Waals surface area contributed by atoms with Gasteiger partial charge in [-0.1, -0.05) is 42.0 Å². The van der Waals surface area contributed by atoms with Crippen molar-refractivity contribution >= 4 is 45.5 Å². The summed E-state index contributed by atoms with van der Waals surface area (Å²) < 4.78 is 2.29. The van der Waals surface area contributed by atoms with Gasteiger partial charge in [-0.3, -0.25) is 9.59 Å². The summed E-state index contributed by atoms with van der Waals surface area (Å²) in [5.74, 6) is -0.496. The maximum Gasteiger partial charge on any atom is 0.240 e. The summed E-state index contributed by atoms with van der Waals surface area (Å²) in [5.41, 5.74) is 8.70. The maximum absolute atomic E-state index is 12.2. The monoisotopic (exact) mass is 440 g/mol. The number of benzene rings is 3. The fourth-order valence-electron chi connectivity index (χ4n) is 4.12. The second kappa shape index (κ2) is 9.69. The van der Waals surface area contributed by atoms with Gasteiger partial charge >= 0.3 is 0 Å². The summed E-state index contributed by atoms with van der Waals surface area (Å²) in [4.78, 5) is 24.3. The van der Waals surface area contributed by atoms with Crippen molar-refractivity contribution in [1.82, 2.24) is 9.99 Å². The number of nitrogens with zero attached hydrogens (tertiary/aromatic N) is 2. The van der Waals surface area contributed by atoms with Gasteiger partial charge in [-0.15, -0.1) is 0 Å². The average molecular weight is 441 g/mol. The number of carbonyl (C=O) groups is 2. The molecule has 0 aliphatic rings. The zero-order valence-corrected chi connectivity index (χ0v) is 19.2. The molecule has 0 saturated heterocycles. The molecule has 0 fully saturated rings. The number of para-hydroxylation sites is 1. The number of aromatic nitrogens is 1. The minimum absolute atomic E-state index is 0.0666. The van der Waals surface area contributed by atoms with Gasteiger partial charge in [0.25, 0.3) is 0 Å². The molecule has 0 spiro atoms. The number of nitrogens with one attached hydrogen (secondary N) is 2. The van der Waals surface area contributed by atoms with E-state index in [1.54, 1.807) is 6.21 Å². The Kier molecular flexibility index (Phi) is 6.54. The number of amides is 2.